The SMILES string of the molecule is CC(C)OC(=O)CSc1ccc(C(F)(F)F)cc1N. The van der Waals surface area contributed by atoms with Crippen LogP contribution in [0.3, 0.4) is 0 Å². The number of carbonyl (C=O) groups excluding carboxylic acids is 1. The highest BCUT2D eigenvalue weighted by Crippen LogP contribution is 2.34. The second-order valence-electron chi connectivity index (χ2n) is 4.08. The third-order valence-corrected chi connectivity index (χ3v) is 3.11. The number of anilines is 1. The summed E-state index contributed by atoms with van der Waals surface area (Å²) in [6, 6.07) is 3.05. The van der Waals surface area contributed by atoms with Crippen molar-refractivity contribution in [2.24, 2.45) is 0 Å². The van der Waals surface area contributed by atoms with E-state index in [0.29, 0.717) is 4.90 Å². The summed E-state index contributed by atoms with van der Waals surface area (Å²) in [6.07, 6.45) is -4.65. The van der Waals surface area contributed by atoms with E-state index in [4.69, 9.17) is 10.5 Å². The molecule has 0 aliphatic rings. The van der Waals surface area contributed by atoms with Gasteiger partial charge in [-0.15, -0.1) is 11.8 Å². The van der Waals surface area contributed by atoms with Gasteiger partial charge < -0.3 is 10.5 Å². The lowest BCUT2D eigenvalue weighted by Gasteiger charge is -2.11. The Hall–Kier alpha value is -1.37. The summed E-state index contributed by atoms with van der Waals surface area (Å²) in [7, 11) is 0. The molecule has 0 saturated heterocycles. The van der Waals surface area contributed by atoms with Crippen LogP contribution in [0.25, 0.3) is 0 Å². The minimum Gasteiger partial charge on any atom is -0.462 e. The van der Waals surface area contributed by atoms with Gasteiger partial charge in [0.05, 0.1) is 17.4 Å². The lowest BCUT2D eigenvalue weighted by molar-refractivity contribution is -0.144. The molecule has 1 rings (SSSR count). The van der Waals surface area contributed by atoms with Gasteiger partial charge in [-0.1, -0.05) is 0 Å². The molecule has 0 amide bonds. The van der Waals surface area contributed by atoms with Gasteiger partial charge in [-0.05, 0) is 32.0 Å². The van der Waals surface area contributed by atoms with Crippen molar-refractivity contribution >= 4 is 23.4 Å². The predicted molar refractivity (Wildman–Crippen MR) is 67.8 cm³/mol. The van der Waals surface area contributed by atoms with Crippen molar-refractivity contribution in [2.75, 3.05) is 11.5 Å². The van der Waals surface area contributed by atoms with E-state index in [1.54, 1.807) is 13.8 Å². The molecule has 3 nitrogen and oxygen atoms in total. The number of benzene rings is 1. The Morgan fingerprint density at radius 3 is 2.53 bits per heavy atom. The number of alkyl halides is 3. The van der Waals surface area contributed by atoms with E-state index < -0.39 is 17.7 Å². The van der Waals surface area contributed by atoms with E-state index in [2.05, 4.69) is 0 Å². The first-order valence-corrected chi connectivity index (χ1v) is 6.47. The van der Waals surface area contributed by atoms with Crippen molar-refractivity contribution in [3.8, 4) is 0 Å². The van der Waals surface area contributed by atoms with E-state index in [1.807, 2.05) is 0 Å². The number of hydrogen-bond donors (Lipinski definition) is 1. The highest BCUT2D eigenvalue weighted by Gasteiger charge is 2.30. The Morgan fingerprint density at radius 1 is 1.42 bits per heavy atom. The minimum atomic E-state index is -4.42. The van der Waals surface area contributed by atoms with Crippen LogP contribution in [0, 0.1) is 0 Å². The molecule has 0 bridgehead atoms. The van der Waals surface area contributed by atoms with Crippen molar-refractivity contribution in [1.82, 2.24) is 0 Å². The monoisotopic (exact) mass is 293 g/mol. The van der Waals surface area contributed by atoms with Gasteiger partial charge in [-0.25, -0.2) is 0 Å². The van der Waals surface area contributed by atoms with Gasteiger partial charge in [0, 0.05) is 10.6 Å². The molecule has 7 heteroatoms. The Morgan fingerprint density at radius 2 is 2.05 bits per heavy atom. The molecule has 1 aromatic rings. The molecule has 0 saturated carbocycles. The Balaban J connectivity index is 2.68. The van der Waals surface area contributed by atoms with E-state index in [9.17, 15) is 18.0 Å². The van der Waals surface area contributed by atoms with Crippen LogP contribution in [0.1, 0.15) is 19.4 Å². The first kappa shape index (κ1) is 15.7. The third-order valence-electron chi connectivity index (χ3n) is 2.05. The summed E-state index contributed by atoms with van der Waals surface area (Å²) >= 11 is 1.05. The van der Waals surface area contributed by atoms with Crippen LogP contribution in [0.4, 0.5) is 18.9 Å². The molecule has 2 N–H and O–H groups in total. The van der Waals surface area contributed by atoms with Gasteiger partial charge in [0.25, 0.3) is 0 Å². The van der Waals surface area contributed by atoms with Crippen molar-refractivity contribution in [1.29, 1.82) is 0 Å². The zero-order valence-electron chi connectivity index (χ0n) is 10.5. The van der Waals surface area contributed by atoms with Crippen LogP contribution in [-0.2, 0) is 15.7 Å². The van der Waals surface area contributed by atoms with Gasteiger partial charge in [0.2, 0.25) is 0 Å². The third kappa shape index (κ3) is 5.02. The number of hydrogen-bond acceptors (Lipinski definition) is 4. The highest BCUT2D eigenvalue weighted by molar-refractivity contribution is 8.00. The highest BCUT2D eigenvalue weighted by atomic mass is 32.2. The molecule has 1 aromatic carbocycles. The molecule has 0 heterocycles. The standard InChI is InChI=1S/C12H14F3NO2S/c1-7(2)18-11(17)6-19-10-4-3-8(5-9(10)16)12(13,14)15/h3-5,7H,6,16H2,1-2H3. The average Bonchev–Trinajstić information content (AvgIpc) is 2.25. The quantitative estimate of drug-likeness (QED) is 0.525. The number of thioether (sulfide) groups is 1. The summed E-state index contributed by atoms with van der Waals surface area (Å²) in [6.45, 7) is 3.43. The van der Waals surface area contributed by atoms with E-state index in [-0.39, 0.29) is 17.5 Å². The molecule has 106 valence electrons. The number of nitrogen functional groups attached to an aromatic ring is 1. The molecule has 0 unspecified atom stereocenters. The second kappa shape index (κ2) is 6.18. The van der Waals surface area contributed by atoms with Crippen LogP contribution in [0.5, 0.6) is 0 Å². The van der Waals surface area contributed by atoms with Crippen LogP contribution >= 0.6 is 11.8 Å². The molecule has 0 atom stereocenters. The molecular formula is C12H14F3NO2S. The maximum atomic E-state index is 12.4. The number of halogens is 3. The summed E-state index contributed by atoms with van der Waals surface area (Å²) in [4.78, 5) is 11.7. The summed E-state index contributed by atoms with van der Waals surface area (Å²) in [5.41, 5.74) is 4.72. The molecule has 0 aromatic heterocycles. The fourth-order valence-corrected chi connectivity index (χ4v) is 2.02. The number of rotatable bonds is 4. The number of nitrogens with two attached hydrogens (primary N) is 1. The van der Waals surface area contributed by atoms with E-state index >= 15 is 0 Å². The fraction of sp³-hybridized carbons (Fsp3) is 0.417. The maximum absolute atomic E-state index is 12.4. The van der Waals surface area contributed by atoms with Gasteiger partial charge in [0.1, 0.15) is 0 Å². The maximum Gasteiger partial charge on any atom is 0.416 e. The van der Waals surface area contributed by atoms with Crippen molar-refractivity contribution < 1.29 is 22.7 Å². The van der Waals surface area contributed by atoms with Gasteiger partial charge in [-0.3, -0.25) is 4.79 Å². The zero-order chi connectivity index (χ0) is 14.6. The smallest absolute Gasteiger partial charge is 0.416 e. The fourth-order valence-electron chi connectivity index (χ4n) is 1.29. The largest absolute Gasteiger partial charge is 0.462 e. The Kier molecular flexibility index (Phi) is 5.11. The topological polar surface area (TPSA) is 52.3 Å². The van der Waals surface area contributed by atoms with Gasteiger partial charge in [0.15, 0.2) is 0 Å². The molecular weight excluding hydrogens is 279 g/mol. The molecule has 0 aliphatic carbocycles. The molecule has 0 fully saturated rings. The van der Waals surface area contributed by atoms with Crippen molar-refractivity contribution in [3.63, 3.8) is 0 Å². The van der Waals surface area contributed by atoms with Crippen molar-refractivity contribution in [3.05, 3.63) is 23.8 Å². The second-order valence-corrected chi connectivity index (χ2v) is 5.09. The molecule has 0 radical (unpaired) electrons. The lowest BCUT2D eigenvalue weighted by atomic mass is 10.2. The molecule has 0 spiro atoms. The van der Waals surface area contributed by atoms with Gasteiger partial charge >= 0.3 is 12.1 Å². The van der Waals surface area contributed by atoms with Crippen LogP contribution in [-0.4, -0.2) is 17.8 Å². The number of esters is 1. The molecule has 19 heavy (non-hydrogen) atoms. The summed E-state index contributed by atoms with van der Waals surface area (Å²) in [5.74, 6) is -0.424. The lowest BCUT2D eigenvalue weighted by Crippen LogP contribution is -2.13. The Bertz CT molecular complexity index is 461. The Labute approximate surface area is 113 Å². The van der Waals surface area contributed by atoms with E-state index in [0.717, 1.165) is 23.9 Å². The summed E-state index contributed by atoms with van der Waals surface area (Å²) in [5, 5.41) is 0. The van der Waals surface area contributed by atoms with Gasteiger partial charge in [-0.2, -0.15) is 13.2 Å². The van der Waals surface area contributed by atoms with Crippen molar-refractivity contribution in [2.45, 2.75) is 31.0 Å². The van der Waals surface area contributed by atoms with Crippen LogP contribution in [0.15, 0.2) is 23.1 Å². The minimum absolute atomic E-state index is 0.00262. The number of ether oxygens (including phenoxy) is 1. The predicted octanol–water partition coefficient (Wildman–Crippen LogP) is 3.33. The molecule has 0 aliphatic heterocycles. The first-order chi connectivity index (χ1) is 8.70. The first-order valence-electron chi connectivity index (χ1n) is 5.49. The number of carbonyl (C=O) groups is 1. The zero-order valence-corrected chi connectivity index (χ0v) is 11.3. The average molecular weight is 293 g/mol. The van der Waals surface area contributed by atoms with Crippen LogP contribution < -0.4 is 5.73 Å². The van der Waals surface area contributed by atoms with E-state index in [1.165, 1.54) is 6.07 Å². The summed E-state index contributed by atoms with van der Waals surface area (Å²) < 4.78 is 42.2. The normalized spacial score (nSPS) is 11.7. The van der Waals surface area contributed by atoms with Crippen LogP contribution in [0.2, 0.25) is 0 Å².